The van der Waals surface area contributed by atoms with E-state index in [-0.39, 0.29) is 36.7 Å². The van der Waals surface area contributed by atoms with Crippen LogP contribution >= 0.6 is 0 Å². The first-order chi connectivity index (χ1) is 10.5. The van der Waals surface area contributed by atoms with E-state index < -0.39 is 0 Å². The molecule has 1 aliphatic heterocycles. The number of rotatable bonds is 3. The number of fused-ring (bicyclic) bond motifs is 1. The number of hydrogen-bond donors (Lipinski definition) is 1. The lowest BCUT2D eigenvalue weighted by molar-refractivity contribution is -0.146. The second-order valence-electron chi connectivity index (χ2n) is 5.67. The minimum atomic E-state index is -0.305. The van der Waals surface area contributed by atoms with Crippen LogP contribution in [0.1, 0.15) is 27.0 Å². The predicted molar refractivity (Wildman–Crippen MR) is 78.6 cm³/mol. The number of nitrogen functional groups attached to an aromatic ring is 1. The monoisotopic (exact) mass is 305 g/mol. The molecule has 1 aliphatic rings. The van der Waals surface area contributed by atoms with Crippen LogP contribution in [-0.4, -0.2) is 38.2 Å². The first-order valence-electron chi connectivity index (χ1n) is 7.21. The fourth-order valence-corrected chi connectivity index (χ4v) is 2.79. The van der Waals surface area contributed by atoms with Crippen LogP contribution in [-0.2, 0) is 14.3 Å². The Morgan fingerprint density at radius 3 is 2.86 bits per heavy atom. The summed E-state index contributed by atoms with van der Waals surface area (Å²) in [6, 6.07) is 0. The van der Waals surface area contributed by atoms with Crippen LogP contribution in [0.2, 0.25) is 0 Å². The van der Waals surface area contributed by atoms with Crippen molar-refractivity contribution in [1.29, 1.82) is 0 Å². The lowest BCUT2D eigenvalue weighted by Crippen LogP contribution is -2.23. The maximum absolute atomic E-state index is 11.0. The van der Waals surface area contributed by atoms with Crippen molar-refractivity contribution in [2.75, 3.05) is 12.3 Å². The summed E-state index contributed by atoms with van der Waals surface area (Å²) < 4.78 is 13.0. The molecular weight excluding hydrogens is 286 g/mol. The average Bonchev–Trinajstić information content (AvgIpc) is 3.01. The molecule has 22 heavy (non-hydrogen) atoms. The molecule has 0 unspecified atom stereocenters. The zero-order valence-electron chi connectivity index (χ0n) is 12.8. The SMILES string of the molecule is CC(=O)OC[C@H]1O[C@@H](n2cnc3c(N)ncnc32)[C@H](C)[C@@H]1C. The summed E-state index contributed by atoms with van der Waals surface area (Å²) in [6.45, 7) is 5.82. The summed E-state index contributed by atoms with van der Waals surface area (Å²) in [7, 11) is 0. The molecule has 3 heterocycles. The van der Waals surface area contributed by atoms with E-state index in [4.69, 9.17) is 15.2 Å². The number of esters is 1. The van der Waals surface area contributed by atoms with Crippen LogP contribution in [0.25, 0.3) is 11.2 Å². The molecule has 118 valence electrons. The molecule has 1 saturated heterocycles. The van der Waals surface area contributed by atoms with Crippen molar-refractivity contribution in [3.63, 3.8) is 0 Å². The Morgan fingerprint density at radius 1 is 1.36 bits per heavy atom. The van der Waals surface area contributed by atoms with Crippen LogP contribution in [0.4, 0.5) is 5.82 Å². The quantitative estimate of drug-likeness (QED) is 0.848. The third kappa shape index (κ3) is 2.39. The molecule has 0 saturated carbocycles. The molecule has 4 atom stereocenters. The van der Waals surface area contributed by atoms with E-state index >= 15 is 0 Å². The molecule has 0 bridgehead atoms. The maximum Gasteiger partial charge on any atom is 0.302 e. The molecule has 0 aromatic carbocycles. The van der Waals surface area contributed by atoms with Crippen molar-refractivity contribution in [3.8, 4) is 0 Å². The topological polar surface area (TPSA) is 105 Å². The standard InChI is InChI=1S/C14H19N5O3/c1-7-8(2)14(22-10(7)4-21-9(3)20)19-6-18-11-12(15)16-5-17-13(11)19/h5-8,10,14H,4H2,1-3H3,(H2,15,16,17)/t7-,8+,10+,14+/m0/s1. The first-order valence-corrected chi connectivity index (χ1v) is 7.21. The van der Waals surface area contributed by atoms with Gasteiger partial charge in [-0.15, -0.1) is 0 Å². The molecule has 8 nitrogen and oxygen atoms in total. The Kier molecular flexibility index (Phi) is 3.69. The molecule has 2 aromatic heterocycles. The van der Waals surface area contributed by atoms with Gasteiger partial charge in [-0.2, -0.15) is 0 Å². The van der Waals surface area contributed by atoms with E-state index in [1.165, 1.54) is 13.3 Å². The predicted octanol–water partition coefficient (Wildman–Crippen LogP) is 1.14. The summed E-state index contributed by atoms with van der Waals surface area (Å²) in [5.41, 5.74) is 7.02. The van der Waals surface area contributed by atoms with Gasteiger partial charge in [0.2, 0.25) is 0 Å². The molecule has 0 spiro atoms. The summed E-state index contributed by atoms with van der Waals surface area (Å²) in [4.78, 5) is 23.4. The highest BCUT2D eigenvalue weighted by Crippen LogP contribution is 2.40. The Labute approximate surface area is 127 Å². The molecular formula is C14H19N5O3. The summed E-state index contributed by atoms with van der Waals surface area (Å²) in [5.74, 6) is 0.495. The second-order valence-corrected chi connectivity index (χ2v) is 5.67. The van der Waals surface area contributed by atoms with Crippen molar-refractivity contribution in [3.05, 3.63) is 12.7 Å². The van der Waals surface area contributed by atoms with Gasteiger partial charge in [-0.25, -0.2) is 15.0 Å². The van der Waals surface area contributed by atoms with Crippen LogP contribution in [0, 0.1) is 11.8 Å². The number of ether oxygens (including phenoxy) is 2. The lowest BCUT2D eigenvalue weighted by atomic mass is 9.93. The van der Waals surface area contributed by atoms with E-state index in [2.05, 4.69) is 28.8 Å². The Balaban J connectivity index is 1.87. The average molecular weight is 305 g/mol. The van der Waals surface area contributed by atoms with E-state index in [0.717, 1.165) is 0 Å². The molecule has 2 N–H and O–H groups in total. The number of hydrogen-bond acceptors (Lipinski definition) is 7. The van der Waals surface area contributed by atoms with Crippen molar-refractivity contribution >= 4 is 23.0 Å². The number of carbonyl (C=O) groups excluding carboxylic acids is 1. The largest absolute Gasteiger partial charge is 0.463 e. The Morgan fingerprint density at radius 2 is 2.14 bits per heavy atom. The fourth-order valence-electron chi connectivity index (χ4n) is 2.79. The molecule has 3 rings (SSSR count). The summed E-state index contributed by atoms with van der Waals surface area (Å²) >= 11 is 0. The molecule has 8 heteroatoms. The Hall–Kier alpha value is -2.22. The normalized spacial score (nSPS) is 28.1. The van der Waals surface area contributed by atoms with Crippen molar-refractivity contribution < 1.29 is 14.3 Å². The minimum absolute atomic E-state index is 0.152. The number of anilines is 1. The van der Waals surface area contributed by atoms with Crippen LogP contribution in [0.3, 0.4) is 0 Å². The highest BCUT2D eigenvalue weighted by Gasteiger charge is 2.41. The Bertz CT molecular complexity index is 701. The van der Waals surface area contributed by atoms with Crippen molar-refractivity contribution in [2.45, 2.75) is 33.1 Å². The van der Waals surface area contributed by atoms with Gasteiger partial charge in [-0.05, 0) is 5.92 Å². The van der Waals surface area contributed by atoms with Gasteiger partial charge < -0.3 is 15.2 Å². The number of nitrogens with zero attached hydrogens (tertiary/aromatic N) is 4. The lowest BCUT2D eigenvalue weighted by Gasteiger charge is -2.17. The van der Waals surface area contributed by atoms with Crippen molar-refractivity contribution in [2.24, 2.45) is 11.8 Å². The van der Waals surface area contributed by atoms with Crippen LogP contribution in [0.5, 0.6) is 0 Å². The number of nitrogens with two attached hydrogens (primary N) is 1. The highest BCUT2D eigenvalue weighted by atomic mass is 16.6. The minimum Gasteiger partial charge on any atom is -0.463 e. The zero-order chi connectivity index (χ0) is 15.9. The van der Waals surface area contributed by atoms with Gasteiger partial charge in [-0.3, -0.25) is 9.36 Å². The zero-order valence-corrected chi connectivity index (χ0v) is 12.8. The molecule has 0 radical (unpaired) electrons. The van der Waals surface area contributed by atoms with Gasteiger partial charge in [0.1, 0.15) is 24.7 Å². The van der Waals surface area contributed by atoms with Gasteiger partial charge >= 0.3 is 5.97 Å². The van der Waals surface area contributed by atoms with Crippen molar-refractivity contribution in [1.82, 2.24) is 19.5 Å². The smallest absolute Gasteiger partial charge is 0.302 e. The molecule has 2 aromatic rings. The summed E-state index contributed by atoms with van der Waals surface area (Å²) in [5, 5.41) is 0. The molecule has 0 aliphatic carbocycles. The number of imidazole rings is 1. The first kappa shape index (κ1) is 14.7. The van der Waals surface area contributed by atoms with Crippen LogP contribution in [0.15, 0.2) is 12.7 Å². The van der Waals surface area contributed by atoms with E-state index in [1.807, 2.05) is 4.57 Å². The third-order valence-corrected chi connectivity index (χ3v) is 4.29. The van der Waals surface area contributed by atoms with Gasteiger partial charge in [0, 0.05) is 12.8 Å². The van der Waals surface area contributed by atoms with E-state index in [0.29, 0.717) is 17.0 Å². The van der Waals surface area contributed by atoms with Gasteiger partial charge in [0.25, 0.3) is 0 Å². The molecule has 0 amide bonds. The van der Waals surface area contributed by atoms with Gasteiger partial charge in [0.15, 0.2) is 11.5 Å². The number of carbonyl (C=O) groups is 1. The van der Waals surface area contributed by atoms with E-state index in [9.17, 15) is 4.79 Å². The van der Waals surface area contributed by atoms with E-state index in [1.54, 1.807) is 6.33 Å². The van der Waals surface area contributed by atoms with Gasteiger partial charge in [-0.1, -0.05) is 13.8 Å². The fraction of sp³-hybridized carbons (Fsp3) is 0.571. The van der Waals surface area contributed by atoms with Gasteiger partial charge in [0.05, 0.1) is 12.4 Å². The maximum atomic E-state index is 11.0. The van der Waals surface area contributed by atoms with Crippen LogP contribution < -0.4 is 5.73 Å². The number of aromatic nitrogens is 4. The highest BCUT2D eigenvalue weighted by molar-refractivity contribution is 5.81. The second kappa shape index (κ2) is 5.53. The molecule has 1 fully saturated rings. The summed E-state index contributed by atoms with van der Waals surface area (Å²) in [6.07, 6.45) is 2.70. The third-order valence-electron chi connectivity index (χ3n) is 4.29.